The van der Waals surface area contributed by atoms with E-state index >= 15 is 0 Å². The van der Waals surface area contributed by atoms with Gasteiger partial charge in [-0.05, 0) is 5.41 Å². The number of rotatable bonds is 0. The van der Waals surface area contributed by atoms with Crippen molar-refractivity contribution in [2.45, 2.75) is 55.4 Å². The zero-order chi connectivity index (χ0) is 12.0. The first kappa shape index (κ1) is 29.9. The quantitative estimate of drug-likeness (QED) is 0.614. The summed E-state index contributed by atoms with van der Waals surface area (Å²) in [5.41, 5.74) is 0.500. The molecule has 16 heavy (non-hydrogen) atoms. The molecule has 1 heterocycles. The summed E-state index contributed by atoms with van der Waals surface area (Å²) in [5.74, 6) is 0. The van der Waals surface area contributed by atoms with Crippen LogP contribution in [0.5, 0.6) is 0 Å². The Kier molecular flexibility index (Phi) is 45.8. The molecule has 97 valence electrons. The predicted octanol–water partition coefficient (Wildman–Crippen LogP) is 5.23. The minimum atomic E-state index is 0. The first-order valence-corrected chi connectivity index (χ1v) is 5.32. The van der Waals surface area contributed by atoms with Gasteiger partial charge in [0.2, 0.25) is 0 Å². The summed E-state index contributed by atoms with van der Waals surface area (Å²) in [5, 5.41) is 0. The van der Waals surface area contributed by atoms with Gasteiger partial charge in [-0.15, -0.1) is 0 Å². The molecule has 0 aliphatic rings. The van der Waals surface area contributed by atoms with Crippen molar-refractivity contribution in [3.05, 3.63) is 26.3 Å². The molecule has 0 fully saturated rings. The van der Waals surface area contributed by atoms with Crippen LogP contribution < -0.4 is 0 Å². The van der Waals surface area contributed by atoms with Crippen LogP contribution in [-0.4, -0.2) is 4.98 Å². The van der Waals surface area contributed by atoms with Crippen molar-refractivity contribution in [2.75, 3.05) is 0 Å². The van der Waals surface area contributed by atoms with Gasteiger partial charge >= 0.3 is 0 Å². The van der Waals surface area contributed by atoms with Crippen LogP contribution in [0.2, 0.25) is 0 Å². The fourth-order valence-electron chi connectivity index (χ4n) is 0.176. The van der Waals surface area contributed by atoms with Gasteiger partial charge in [-0.2, -0.15) is 0 Å². The Morgan fingerprint density at radius 3 is 1.31 bits per heavy atom. The molecule has 0 atom stereocenters. The molecular formula is C13H30NOY-. The molecule has 1 aromatic heterocycles. The van der Waals surface area contributed by atoms with Gasteiger partial charge in [0, 0.05) is 32.7 Å². The molecule has 0 spiro atoms. The SMILES string of the molecule is CC.CC.CC(C)(C)C.[CH3-].[Y].c1cocn1. The van der Waals surface area contributed by atoms with E-state index in [1.54, 1.807) is 6.20 Å². The second kappa shape index (κ2) is 24.5. The summed E-state index contributed by atoms with van der Waals surface area (Å²) < 4.78 is 4.47. The van der Waals surface area contributed by atoms with Crippen LogP contribution in [0.15, 0.2) is 23.3 Å². The Balaban J connectivity index is -0.0000000352. The van der Waals surface area contributed by atoms with E-state index in [4.69, 9.17) is 0 Å². The first-order chi connectivity index (χ1) is 6.50. The molecule has 0 N–H and O–H groups in total. The van der Waals surface area contributed by atoms with Crippen molar-refractivity contribution in [1.82, 2.24) is 4.98 Å². The van der Waals surface area contributed by atoms with Crippen LogP contribution in [0.3, 0.4) is 0 Å². The molecule has 0 aliphatic carbocycles. The Bertz CT molecular complexity index is 122. The van der Waals surface area contributed by atoms with E-state index in [0.717, 1.165) is 0 Å². The second-order valence-corrected chi connectivity index (χ2v) is 3.68. The van der Waals surface area contributed by atoms with E-state index in [9.17, 15) is 0 Å². The Morgan fingerprint density at radius 2 is 1.25 bits per heavy atom. The molecule has 1 radical (unpaired) electrons. The second-order valence-electron chi connectivity index (χ2n) is 3.68. The minimum Gasteiger partial charge on any atom is -0.452 e. The van der Waals surface area contributed by atoms with E-state index in [2.05, 4.69) is 37.1 Å². The van der Waals surface area contributed by atoms with E-state index in [0.29, 0.717) is 5.41 Å². The van der Waals surface area contributed by atoms with E-state index in [-0.39, 0.29) is 40.1 Å². The van der Waals surface area contributed by atoms with E-state index < -0.39 is 0 Å². The maximum Gasteiger partial charge on any atom is 0.180 e. The molecule has 0 amide bonds. The summed E-state index contributed by atoms with van der Waals surface area (Å²) in [6.45, 7) is 16.8. The molecular weight excluding hydrogens is 275 g/mol. The summed E-state index contributed by atoms with van der Waals surface area (Å²) >= 11 is 0. The Hall–Kier alpha value is 0.314. The molecule has 0 saturated heterocycles. The van der Waals surface area contributed by atoms with Gasteiger partial charge in [-0.1, -0.05) is 55.4 Å². The average molecular weight is 305 g/mol. The Morgan fingerprint density at radius 1 is 0.938 bits per heavy atom. The number of aromatic nitrogens is 1. The van der Waals surface area contributed by atoms with Gasteiger partial charge < -0.3 is 11.8 Å². The van der Waals surface area contributed by atoms with E-state index in [1.165, 1.54) is 12.7 Å². The Labute approximate surface area is 129 Å². The van der Waals surface area contributed by atoms with Crippen LogP contribution >= 0.6 is 0 Å². The summed E-state index contributed by atoms with van der Waals surface area (Å²) in [4.78, 5) is 3.56. The van der Waals surface area contributed by atoms with Gasteiger partial charge in [0.05, 0.1) is 6.20 Å². The molecule has 0 aliphatic heterocycles. The average Bonchev–Trinajstić information content (AvgIpc) is 2.64. The predicted molar refractivity (Wildman–Crippen MR) is 70.7 cm³/mol. The monoisotopic (exact) mass is 305 g/mol. The number of nitrogens with zero attached hydrogens (tertiary/aromatic N) is 1. The third-order valence-corrected chi connectivity index (χ3v) is 0.347. The maximum atomic E-state index is 4.47. The van der Waals surface area contributed by atoms with Gasteiger partial charge in [0.25, 0.3) is 0 Å². The standard InChI is InChI=1S/C5H12.C3H3NO.2C2H6.CH3.Y/c1-5(2,3)4;1-2-5-3-4-1;2*1-2;;/h1-4H3;1-3H;2*1-2H3;1H3;/q;;;;-1;. The van der Waals surface area contributed by atoms with Crippen LogP contribution in [0.25, 0.3) is 0 Å². The van der Waals surface area contributed by atoms with Crippen LogP contribution in [-0.2, 0) is 32.7 Å². The van der Waals surface area contributed by atoms with Crippen LogP contribution in [0, 0.1) is 12.8 Å². The van der Waals surface area contributed by atoms with Crippen molar-refractivity contribution in [3.63, 3.8) is 0 Å². The molecule has 0 aromatic carbocycles. The third kappa shape index (κ3) is 89.9. The fraction of sp³-hybridized carbons (Fsp3) is 0.692. The molecule has 0 bridgehead atoms. The number of hydrogen-bond donors (Lipinski definition) is 0. The largest absolute Gasteiger partial charge is 0.452 e. The van der Waals surface area contributed by atoms with Crippen LogP contribution in [0.1, 0.15) is 55.4 Å². The minimum absolute atomic E-state index is 0. The molecule has 2 nitrogen and oxygen atoms in total. The molecule has 0 saturated carbocycles. The summed E-state index contributed by atoms with van der Waals surface area (Å²) in [7, 11) is 0. The van der Waals surface area contributed by atoms with E-state index in [1.807, 2.05) is 27.7 Å². The maximum absolute atomic E-state index is 4.47. The number of hydrogen-bond acceptors (Lipinski definition) is 2. The van der Waals surface area contributed by atoms with Gasteiger partial charge in [0.15, 0.2) is 6.39 Å². The van der Waals surface area contributed by atoms with Gasteiger partial charge in [0.1, 0.15) is 6.26 Å². The van der Waals surface area contributed by atoms with Crippen molar-refractivity contribution < 1.29 is 37.1 Å². The van der Waals surface area contributed by atoms with Crippen molar-refractivity contribution in [3.8, 4) is 0 Å². The normalized spacial score (nSPS) is 7.00. The van der Waals surface area contributed by atoms with Crippen molar-refractivity contribution in [1.29, 1.82) is 0 Å². The van der Waals surface area contributed by atoms with Crippen molar-refractivity contribution >= 4 is 0 Å². The molecule has 0 unspecified atom stereocenters. The van der Waals surface area contributed by atoms with Gasteiger partial charge in [-0.25, -0.2) is 4.98 Å². The summed E-state index contributed by atoms with van der Waals surface area (Å²) in [6.07, 6.45) is 4.47. The zero-order valence-corrected chi connectivity index (χ0v) is 15.5. The van der Waals surface area contributed by atoms with Gasteiger partial charge in [-0.3, -0.25) is 0 Å². The topological polar surface area (TPSA) is 26.0 Å². The smallest absolute Gasteiger partial charge is 0.180 e. The third-order valence-electron chi connectivity index (χ3n) is 0.347. The first-order valence-electron chi connectivity index (χ1n) is 5.32. The fourth-order valence-corrected chi connectivity index (χ4v) is 0.176. The number of oxazole rings is 1. The van der Waals surface area contributed by atoms with Crippen LogP contribution in [0.4, 0.5) is 0 Å². The molecule has 1 rings (SSSR count). The molecule has 3 heteroatoms. The summed E-state index contributed by atoms with van der Waals surface area (Å²) in [6, 6.07) is 0. The molecule has 1 aromatic rings. The zero-order valence-electron chi connectivity index (χ0n) is 12.7. The van der Waals surface area contributed by atoms with Crippen molar-refractivity contribution in [2.24, 2.45) is 5.41 Å².